The van der Waals surface area contributed by atoms with Crippen LogP contribution in [-0.4, -0.2) is 45.7 Å². The van der Waals surface area contributed by atoms with Crippen LogP contribution in [0, 0.1) is 5.92 Å². The van der Waals surface area contributed by atoms with Crippen LogP contribution in [0.2, 0.25) is 0 Å². The second-order valence-corrected chi connectivity index (χ2v) is 6.09. The van der Waals surface area contributed by atoms with Crippen LogP contribution in [0.1, 0.15) is 18.4 Å². The Labute approximate surface area is 142 Å². The number of hydrogen-bond donors (Lipinski definition) is 3. The van der Waals surface area contributed by atoms with E-state index in [1.54, 1.807) is 14.2 Å². The number of carbonyl (C=O) groups excluding carboxylic acids is 2. The lowest BCUT2D eigenvalue weighted by molar-refractivity contribution is -0.899. The van der Waals surface area contributed by atoms with Gasteiger partial charge in [-0.05, 0) is 30.5 Å². The maximum Gasteiger partial charge on any atom is 0.275 e. The number of hydrogen-bond acceptors (Lipinski definition) is 4. The van der Waals surface area contributed by atoms with Crippen molar-refractivity contribution in [1.29, 1.82) is 0 Å². The number of methoxy groups -OCH3 is 2. The molecular weight excluding hydrogens is 310 g/mol. The average Bonchev–Trinajstić information content (AvgIpc) is 2.59. The molecule has 1 unspecified atom stereocenters. The van der Waals surface area contributed by atoms with Gasteiger partial charge in [0.15, 0.2) is 18.0 Å². The van der Waals surface area contributed by atoms with Gasteiger partial charge in [0.2, 0.25) is 5.91 Å². The van der Waals surface area contributed by atoms with Crippen molar-refractivity contribution in [3.05, 3.63) is 23.8 Å². The SMILES string of the molecule is COc1ccc(CNC(=O)C[NH+]2CCC[C@H](C(N)=O)C2)cc1OC. The van der Waals surface area contributed by atoms with Crippen molar-refractivity contribution in [1.82, 2.24) is 5.32 Å². The van der Waals surface area contributed by atoms with Crippen LogP contribution in [0.15, 0.2) is 18.2 Å². The summed E-state index contributed by atoms with van der Waals surface area (Å²) in [4.78, 5) is 24.5. The maximum absolute atomic E-state index is 12.1. The molecule has 0 bridgehead atoms. The van der Waals surface area contributed by atoms with Gasteiger partial charge in [0.25, 0.3) is 5.91 Å². The van der Waals surface area contributed by atoms with Crippen molar-refractivity contribution in [3.8, 4) is 11.5 Å². The topological polar surface area (TPSA) is 95.1 Å². The first-order chi connectivity index (χ1) is 11.5. The number of quaternary nitrogens is 1. The van der Waals surface area contributed by atoms with Crippen molar-refractivity contribution in [2.75, 3.05) is 33.9 Å². The Hall–Kier alpha value is -2.28. The largest absolute Gasteiger partial charge is 0.493 e. The van der Waals surface area contributed by atoms with Crippen LogP contribution in [0.3, 0.4) is 0 Å². The summed E-state index contributed by atoms with van der Waals surface area (Å²) in [6.45, 7) is 2.31. The molecule has 1 aromatic rings. The van der Waals surface area contributed by atoms with E-state index in [0.717, 1.165) is 29.8 Å². The first-order valence-electron chi connectivity index (χ1n) is 8.14. The first kappa shape index (κ1) is 18.1. The lowest BCUT2D eigenvalue weighted by Crippen LogP contribution is -3.14. The molecule has 1 fully saturated rings. The minimum Gasteiger partial charge on any atom is -0.493 e. The summed E-state index contributed by atoms with van der Waals surface area (Å²) in [5.74, 6) is 0.869. The quantitative estimate of drug-likeness (QED) is 0.601. The second kappa shape index (κ2) is 8.54. The van der Waals surface area contributed by atoms with Crippen LogP contribution >= 0.6 is 0 Å². The van der Waals surface area contributed by atoms with Gasteiger partial charge in [-0.25, -0.2) is 0 Å². The van der Waals surface area contributed by atoms with Crippen LogP contribution in [-0.2, 0) is 16.1 Å². The number of likely N-dealkylation sites (tertiary alicyclic amines) is 1. The molecule has 0 saturated carbocycles. The molecule has 2 rings (SSSR count). The van der Waals surface area contributed by atoms with Gasteiger partial charge in [-0.1, -0.05) is 6.07 Å². The molecule has 4 N–H and O–H groups in total. The number of benzene rings is 1. The van der Waals surface area contributed by atoms with E-state index in [2.05, 4.69) is 5.32 Å². The number of piperidine rings is 1. The molecule has 0 aromatic heterocycles. The third-order valence-corrected chi connectivity index (χ3v) is 4.37. The molecule has 0 aliphatic carbocycles. The van der Waals surface area contributed by atoms with E-state index in [9.17, 15) is 9.59 Å². The van der Waals surface area contributed by atoms with Crippen LogP contribution in [0.4, 0.5) is 0 Å². The smallest absolute Gasteiger partial charge is 0.275 e. The molecule has 2 amide bonds. The van der Waals surface area contributed by atoms with Crippen LogP contribution in [0.5, 0.6) is 11.5 Å². The Morgan fingerprint density at radius 2 is 2.04 bits per heavy atom. The van der Waals surface area contributed by atoms with Crippen molar-refractivity contribution >= 4 is 11.8 Å². The van der Waals surface area contributed by atoms with E-state index in [4.69, 9.17) is 15.2 Å². The van der Waals surface area contributed by atoms with E-state index in [1.165, 1.54) is 0 Å². The highest BCUT2D eigenvalue weighted by Crippen LogP contribution is 2.27. The summed E-state index contributed by atoms with van der Waals surface area (Å²) < 4.78 is 10.4. The number of rotatable bonds is 7. The number of primary amides is 1. The molecule has 1 saturated heterocycles. The number of nitrogens with two attached hydrogens (primary N) is 1. The molecule has 1 aliphatic heterocycles. The Morgan fingerprint density at radius 1 is 1.29 bits per heavy atom. The molecule has 7 heteroatoms. The van der Waals surface area contributed by atoms with Gasteiger partial charge in [-0.15, -0.1) is 0 Å². The molecule has 132 valence electrons. The van der Waals surface area contributed by atoms with Crippen molar-refractivity contribution < 1.29 is 24.0 Å². The fourth-order valence-corrected chi connectivity index (χ4v) is 3.04. The zero-order valence-electron chi connectivity index (χ0n) is 14.3. The number of nitrogens with one attached hydrogen (secondary N) is 2. The van der Waals surface area contributed by atoms with E-state index in [-0.39, 0.29) is 17.7 Å². The van der Waals surface area contributed by atoms with E-state index < -0.39 is 0 Å². The van der Waals surface area contributed by atoms with Gasteiger partial charge in [-0.2, -0.15) is 0 Å². The van der Waals surface area contributed by atoms with Gasteiger partial charge in [0, 0.05) is 6.54 Å². The highest BCUT2D eigenvalue weighted by molar-refractivity contribution is 5.77. The van der Waals surface area contributed by atoms with Crippen LogP contribution < -0.4 is 25.4 Å². The summed E-state index contributed by atoms with van der Waals surface area (Å²) in [5.41, 5.74) is 6.31. The minimum atomic E-state index is -0.266. The highest BCUT2D eigenvalue weighted by atomic mass is 16.5. The lowest BCUT2D eigenvalue weighted by Gasteiger charge is -2.27. The van der Waals surface area contributed by atoms with Gasteiger partial charge in [0.05, 0.1) is 33.2 Å². The van der Waals surface area contributed by atoms with E-state index in [1.807, 2.05) is 18.2 Å². The Bertz CT molecular complexity index is 591. The molecule has 0 spiro atoms. The fourth-order valence-electron chi connectivity index (χ4n) is 3.04. The number of ether oxygens (including phenoxy) is 2. The van der Waals surface area contributed by atoms with Crippen molar-refractivity contribution in [3.63, 3.8) is 0 Å². The molecule has 24 heavy (non-hydrogen) atoms. The number of amides is 2. The lowest BCUT2D eigenvalue weighted by atomic mass is 9.97. The van der Waals surface area contributed by atoms with E-state index in [0.29, 0.717) is 31.1 Å². The van der Waals surface area contributed by atoms with Crippen LogP contribution in [0.25, 0.3) is 0 Å². The minimum absolute atomic E-state index is 0.0371. The van der Waals surface area contributed by atoms with E-state index >= 15 is 0 Å². The van der Waals surface area contributed by atoms with Crippen molar-refractivity contribution in [2.24, 2.45) is 11.7 Å². The highest BCUT2D eigenvalue weighted by Gasteiger charge is 2.28. The summed E-state index contributed by atoms with van der Waals surface area (Å²) in [6.07, 6.45) is 1.75. The molecule has 7 nitrogen and oxygen atoms in total. The summed E-state index contributed by atoms with van der Waals surface area (Å²) >= 11 is 0. The Morgan fingerprint density at radius 3 is 2.71 bits per heavy atom. The Kier molecular flexibility index (Phi) is 6.43. The molecule has 1 aromatic carbocycles. The summed E-state index contributed by atoms with van der Waals surface area (Å²) in [6, 6.07) is 5.54. The molecule has 0 radical (unpaired) electrons. The van der Waals surface area contributed by atoms with Gasteiger partial charge < -0.3 is 25.4 Å². The van der Waals surface area contributed by atoms with Gasteiger partial charge in [0.1, 0.15) is 0 Å². The average molecular weight is 336 g/mol. The Balaban J connectivity index is 1.84. The number of carbonyl (C=O) groups is 2. The van der Waals surface area contributed by atoms with Gasteiger partial charge >= 0.3 is 0 Å². The molecule has 1 heterocycles. The molecule has 2 atom stereocenters. The standard InChI is InChI=1S/C17H25N3O4/c1-23-14-6-5-12(8-15(14)24-2)9-19-16(21)11-20-7-3-4-13(10-20)17(18)22/h5-6,8,13H,3-4,7,9-11H2,1-2H3,(H2,18,22)(H,19,21)/p+1/t13-/m0/s1. The van der Waals surface area contributed by atoms with Crippen molar-refractivity contribution in [2.45, 2.75) is 19.4 Å². The fraction of sp³-hybridized carbons (Fsp3) is 0.529. The normalized spacial score (nSPS) is 20.2. The zero-order chi connectivity index (χ0) is 17.5. The predicted molar refractivity (Wildman–Crippen MR) is 88.9 cm³/mol. The summed E-state index contributed by atoms with van der Waals surface area (Å²) in [7, 11) is 3.16. The second-order valence-electron chi connectivity index (χ2n) is 6.09. The summed E-state index contributed by atoms with van der Waals surface area (Å²) in [5, 5.41) is 2.91. The maximum atomic E-state index is 12.1. The third-order valence-electron chi connectivity index (χ3n) is 4.37. The zero-order valence-corrected chi connectivity index (χ0v) is 14.3. The molecular formula is C17H26N3O4+. The first-order valence-corrected chi connectivity index (χ1v) is 8.14. The van der Waals surface area contributed by atoms with Gasteiger partial charge in [-0.3, -0.25) is 9.59 Å². The molecule has 1 aliphatic rings. The monoisotopic (exact) mass is 336 g/mol. The predicted octanol–water partition coefficient (Wildman–Crippen LogP) is -0.900. The third kappa shape index (κ3) is 4.86.